The molecular weight excluding hydrogens is 286 g/mol. The molecule has 2 heteroatoms. The summed E-state index contributed by atoms with van der Waals surface area (Å²) in [5.74, 6) is 1.72. The minimum atomic E-state index is 0.699. The van der Waals surface area contributed by atoms with E-state index in [0.29, 0.717) is 6.04 Å². The molecule has 0 spiro atoms. The van der Waals surface area contributed by atoms with Crippen molar-refractivity contribution >= 4 is 15.9 Å². The number of halogens is 1. The lowest BCUT2D eigenvalue weighted by molar-refractivity contribution is 0.227. The second-order valence-corrected chi connectivity index (χ2v) is 6.82. The highest BCUT2D eigenvalue weighted by atomic mass is 79.9. The van der Waals surface area contributed by atoms with Crippen LogP contribution in [0.5, 0.6) is 0 Å². The van der Waals surface area contributed by atoms with Crippen LogP contribution in [0.2, 0.25) is 0 Å². The third-order valence-electron chi connectivity index (χ3n) is 4.22. The van der Waals surface area contributed by atoms with Gasteiger partial charge in [0.05, 0.1) is 0 Å². The molecule has 0 saturated heterocycles. The second kappa shape index (κ2) is 6.21. The van der Waals surface area contributed by atoms with Gasteiger partial charge in [-0.15, -0.1) is 0 Å². The molecule has 1 aliphatic rings. The molecule has 0 radical (unpaired) electrons. The smallest absolute Gasteiger partial charge is 0.0208 e. The van der Waals surface area contributed by atoms with Crippen molar-refractivity contribution in [2.75, 3.05) is 0 Å². The summed E-state index contributed by atoms with van der Waals surface area (Å²) in [4.78, 5) is 0. The summed E-state index contributed by atoms with van der Waals surface area (Å²) in [6.07, 6.45) is 4.08. The number of hydrogen-bond donors (Lipinski definition) is 1. The highest BCUT2D eigenvalue weighted by Crippen LogP contribution is 2.28. The Morgan fingerprint density at radius 1 is 1.28 bits per heavy atom. The molecule has 0 heterocycles. The van der Waals surface area contributed by atoms with Gasteiger partial charge in [0.2, 0.25) is 0 Å². The number of rotatable bonds is 3. The summed E-state index contributed by atoms with van der Waals surface area (Å²) in [6.45, 7) is 7.92. The largest absolute Gasteiger partial charge is 0.310 e. The van der Waals surface area contributed by atoms with Gasteiger partial charge >= 0.3 is 0 Å². The first-order valence-corrected chi connectivity index (χ1v) is 7.84. The van der Waals surface area contributed by atoms with Crippen molar-refractivity contribution in [2.24, 2.45) is 11.8 Å². The molecule has 1 fully saturated rings. The summed E-state index contributed by atoms with van der Waals surface area (Å²) in [6, 6.07) is 7.33. The van der Waals surface area contributed by atoms with E-state index in [-0.39, 0.29) is 0 Å². The molecule has 1 saturated carbocycles. The van der Waals surface area contributed by atoms with Gasteiger partial charge in [0.25, 0.3) is 0 Å². The van der Waals surface area contributed by atoms with Crippen LogP contribution < -0.4 is 5.32 Å². The number of benzene rings is 1. The first kappa shape index (κ1) is 14.1. The van der Waals surface area contributed by atoms with E-state index in [1.165, 1.54) is 34.9 Å². The summed E-state index contributed by atoms with van der Waals surface area (Å²) in [7, 11) is 0. The van der Waals surface area contributed by atoms with Crippen molar-refractivity contribution < 1.29 is 0 Å². The Labute approximate surface area is 119 Å². The molecule has 0 amide bonds. The monoisotopic (exact) mass is 309 g/mol. The number of aryl methyl sites for hydroxylation is 1. The maximum absolute atomic E-state index is 3.74. The molecular formula is C16H24BrN. The van der Waals surface area contributed by atoms with Crippen molar-refractivity contribution in [1.29, 1.82) is 0 Å². The van der Waals surface area contributed by atoms with E-state index in [1.54, 1.807) is 0 Å². The van der Waals surface area contributed by atoms with Gasteiger partial charge in [-0.25, -0.2) is 0 Å². The van der Waals surface area contributed by atoms with Crippen LogP contribution >= 0.6 is 15.9 Å². The predicted molar refractivity (Wildman–Crippen MR) is 81.7 cm³/mol. The van der Waals surface area contributed by atoms with E-state index < -0.39 is 0 Å². The van der Waals surface area contributed by atoms with Crippen LogP contribution in [0.25, 0.3) is 0 Å². The quantitative estimate of drug-likeness (QED) is 0.855. The Kier molecular flexibility index (Phi) is 4.85. The van der Waals surface area contributed by atoms with Crippen LogP contribution in [0.3, 0.4) is 0 Å². The number of hydrogen-bond acceptors (Lipinski definition) is 1. The first-order chi connectivity index (χ1) is 8.56. The van der Waals surface area contributed by atoms with Crippen LogP contribution in [0.15, 0.2) is 22.7 Å². The average Bonchev–Trinajstić information content (AvgIpc) is 2.32. The van der Waals surface area contributed by atoms with Crippen molar-refractivity contribution in [3.8, 4) is 0 Å². The van der Waals surface area contributed by atoms with Crippen LogP contribution in [0, 0.1) is 18.8 Å². The molecule has 18 heavy (non-hydrogen) atoms. The molecule has 0 aliphatic heterocycles. The van der Waals surface area contributed by atoms with Crippen molar-refractivity contribution in [3.63, 3.8) is 0 Å². The third-order valence-corrected chi connectivity index (χ3v) is 5.11. The molecule has 3 atom stereocenters. The minimum absolute atomic E-state index is 0.699. The maximum atomic E-state index is 3.74. The molecule has 2 rings (SSSR count). The predicted octanol–water partition coefficient (Wildman–Crippen LogP) is 4.67. The topological polar surface area (TPSA) is 12.0 Å². The minimum Gasteiger partial charge on any atom is -0.310 e. The van der Waals surface area contributed by atoms with Gasteiger partial charge in [0.1, 0.15) is 0 Å². The Morgan fingerprint density at radius 2 is 2.06 bits per heavy atom. The normalized spacial score (nSPS) is 28.3. The van der Waals surface area contributed by atoms with Crippen LogP contribution in [0.1, 0.15) is 44.2 Å². The molecule has 1 aromatic rings. The van der Waals surface area contributed by atoms with E-state index >= 15 is 0 Å². The average molecular weight is 310 g/mol. The molecule has 1 nitrogen and oxygen atoms in total. The lowest BCUT2D eigenvalue weighted by atomic mass is 9.80. The fraction of sp³-hybridized carbons (Fsp3) is 0.625. The van der Waals surface area contributed by atoms with Gasteiger partial charge < -0.3 is 5.32 Å². The van der Waals surface area contributed by atoms with E-state index in [1.807, 2.05) is 0 Å². The lowest BCUT2D eigenvalue weighted by Gasteiger charge is -2.33. The Morgan fingerprint density at radius 3 is 2.72 bits per heavy atom. The SMILES string of the molecule is Cc1cc(CNC2CCC(C)CC2C)ccc1Br. The summed E-state index contributed by atoms with van der Waals surface area (Å²) < 4.78 is 1.20. The molecule has 1 N–H and O–H groups in total. The summed E-state index contributed by atoms with van der Waals surface area (Å²) >= 11 is 3.55. The standard InChI is InChI=1S/C16H24BrN/c1-11-4-7-16(13(3)8-11)18-10-14-5-6-15(17)12(2)9-14/h5-6,9,11,13,16,18H,4,7-8,10H2,1-3H3. The van der Waals surface area contributed by atoms with E-state index in [2.05, 4.69) is 60.2 Å². The fourth-order valence-electron chi connectivity index (χ4n) is 3.03. The summed E-state index contributed by atoms with van der Waals surface area (Å²) in [5, 5.41) is 3.74. The highest BCUT2D eigenvalue weighted by Gasteiger charge is 2.24. The molecule has 3 unspecified atom stereocenters. The first-order valence-electron chi connectivity index (χ1n) is 7.04. The summed E-state index contributed by atoms with van der Waals surface area (Å²) in [5.41, 5.74) is 2.71. The second-order valence-electron chi connectivity index (χ2n) is 5.97. The van der Waals surface area contributed by atoms with Crippen molar-refractivity contribution in [3.05, 3.63) is 33.8 Å². The Hall–Kier alpha value is -0.340. The lowest BCUT2D eigenvalue weighted by Crippen LogP contribution is -2.38. The van der Waals surface area contributed by atoms with Gasteiger partial charge in [-0.3, -0.25) is 0 Å². The van der Waals surface area contributed by atoms with Crippen LogP contribution in [-0.2, 0) is 6.54 Å². The molecule has 1 aliphatic carbocycles. The van der Waals surface area contributed by atoms with Gasteiger partial charge in [-0.05, 0) is 55.2 Å². The van der Waals surface area contributed by atoms with Crippen LogP contribution in [-0.4, -0.2) is 6.04 Å². The maximum Gasteiger partial charge on any atom is 0.0208 e. The molecule has 100 valence electrons. The van der Waals surface area contributed by atoms with Gasteiger partial charge in [-0.1, -0.05) is 41.9 Å². The zero-order valence-corrected chi connectivity index (χ0v) is 13.3. The van der Waals surface area contributed by atoms with Crippen molar-refractivity contribution in [1.82, 2.24) is 5.32 Å². The van der Waals surface area contributed by atoms with E-state index in [4.69, 9.17) is 0 Å². The van der Waals surface area contributed by atoms with Gasteiger partial charge in [-0.2, -0.15) is 0 Å². The molecule has 0 bridgehead atoms. The zero-order valence-electron chi connectivity index (χ0n) is 11.7. The van der Waals surface area contributed by atoms with Crippen molar-refractivity contribution in [2.45, 2.75) is 52.6 Å². The Bertz CT molecular complexity index is 402. The van der Waals surface area contributed by atoms with E-state index in [0.717, 1.165) is 18.4 Å². The zero-order chi connectivity index (χ0) is 13.1. The van der Waals surface area contributed by atoms with E-state index in [9.17, 15) is 0 Å². The van der Waals surface area contributed by atoms with Gasteiger partial charge in [0.15, 0.2) is 0 Å². The fourth-order valence-corrected chi connectivity index (χ4v) is 3.28. The Balaban J connectivity index is 1.89. The van der Waals surface area contributed by atoms with Crippen LogP contribution in [0.4, 0.5) is 0 Å². The van der Waals surface area contributed by atoms with Gasteiger partial charge in [0, 0.05) is 17.1 Å². The highest BCUT2D eigenvalue weighted by molar-refractivity contribution is 9.10. The third kappa shape index (κ3) is 3.58. The number of nitrogens with one attached hydrogen (secondary N) is 1. The molecule has 0 aromatic heterocycles. The molecule has 1 aromatic carbocycles.